The quantitative estimate of drug-likeness (QED) is 0.678. The number of likely N-dealkylation sites (tertiary alicyclic amines) is 1. The van der Waals surface area contributed by atoms with Crippen LogP contribution in [0.2, 0.25) is 0 Å². The lowest BCUT2D eigenvalue weighted by Crippen LogP contribution is -2.48. The molecule has 21 heavy (non-hydrogen) atoms. The largest absolute Gasteiger partial charge is 0.480 e. The van der Waals surface area contributed by atoms with Crippen LogP contribution in [0.1, 0.15) is 41.1 Å². The van der Waals surface area contributed by atoms with Gasteiger partial charge in [0.25, 0.3) is 5.91 Å². The van der Waals surface area contributed by atoms with E-state index in [1.165, 1.54) is 16.7 Å². The second-order valence-electron chi connectivity index (χ2n) is 5.09. The first-order chi connectivity index (χ1) is 9.95. The Hall–Kier alpha value is -1.63. The van der Waals surface area contributed by atoms with Crippen LogP contribution in [0, 0.1) is 13.8 Å². The number of aliphatic carboxylic acids is 1. The minimum atomic E-state index is -0.945. The molecule has 0 radical (unpaired) electrons. The molecule has 6 nitrogen and oxygen atoms in total. The van der Waals surface area contributed by atoms with Gasteiger partial charge in [0.1, 0.15) is 16.9 Å². The lowest BCUT2D eigenvalue weighted by molar-refractivity contribution is -0.143. The first-order valence-electron chi connectivity index (χ1n) is 6.88. The summed E-state index contributed by atoms with van der Waals surface area (Å²) in [5, 5.41) is 9.92. The monoisotopic (exact) mass is 309 g/mol. The fourth-order valence-corrected chi connectivity index (χ4v) is 3.31. The molecule has 2 rings (SSSR count). The van der Waals surface area contributed by atoms with Crippen LogP contribution in [-0.2, 0) is 4.79 Å². The van der Waals surface area contributed by atoms with Gasteiger partial charge in [-0.15, -0.1) is 11.8 Å². The van der Waals surface area contributed by atoms with Gasteiger partial charge in [-0.25, -0.2) is 14.8 Å². The van der Waals surface area contributed by atoms with Crippen LogP contribution in [0.15, 0.2) is 5.03 Å². The lowest BCUT2D eigenvalue weighted by Gasteiger charge is -2.33. The number of aryl methyl sites for hydroxylation is 2. The molecule has 0 aliphatic carbocycles. The van der Waals surface area contributed by atoms with Crippen molar-refractivity contribution >= 4 is 23.6 Å². The first-order valence-corrected chi connectivity index (χ1v) is 8.11. The lowest BCUT2D eigenvalue weighted by atomic mass is 10.0. The predicted octanol–water partition coefficient (Wildman–Crippen LogP) is 1.89. The molecule has 0 bridgehead atoms. The molecule has 1 amide bonds. The van der Waals surface area contributed by atoms with E-state index in [1.807, 2.05) is 6.26 Å². The van der Waals surface area contributed by atoms with Crippen molar-refractivity contribution in [2.45, 2.75) is 44.2 Å². The van der Waals surface area contributed by atoms with Gasteiger partial charge in [0.05, 0.1) is 11.3 Å². The van der Waals surface area contributed by atoms with E-state index in [0.29, 0.717) is 35.1 Å². The van der Waals surface area contributed by atoms with E-state index in [4.69, 9.17) is 0 Å². The van der Waals surface area contributed by atoms with Crippen LogP contribution in [0.5, 0.6) is 0 Å². The van der Waals surface area contributed by atoms with Crippen LogP contribution < -0.4 is 0 Å². The molecule has 1 fully saturated rings. The molecule has 1 saturated heterocycles. The molecule has 2 heterocycles. The highest BCUT2D eigenvalue weighted by atomic mass is 32.2. The van der Waals surface area contributed by atoms with E-state index in [0.717, 1.165) is 12.8 Å². The van der Waals surface area contributed by atoms with Crippen molar-refractivity contribution in [1.82, 2.24) is 14.9 Å². The molecule has 0 unspecified atom stereocenters. The Labute approximate surface area is 128 Å². The van der Waals surface area contributed by atoms with Gasteiger partial charge in [-0.05, 0) is 39.4 Å². The topological polar surface area (TPSA) is 83.4 Å². The molecule has 1 aromatic rings. The summed E-state index contributed by atoms with van der Waals surface area (Å²) in [5.41, 5.74) is 1.04. The molecular weight excluding hydrogens is 290 g/mol. The van der Waals surface area contributed by atoms with Gasteiger partial charge in [0.15, 0.2) is 0 Å². The Bertz CT molecular complexity index is 577. The van der Waals surface area contributed by atoms with E-state index < -0.39 is 12.0 Å². The molecule has 7 heteroatoms. The number of aromatic nitrogens is 2. The predicted molar refractivity (Wildman–Crippen MR) is 79.6 cm³/mol. The number of carboxylic acids is 1. The molecule has 1 atom stereocenters. The third kappa shape index (κ3) is 3.18. The van der Waals surface area contributed by atoms with Crippen molar-refractivity contribution in [3.05, 3.63) is 17.1 Å². The summed E-state index contributed by atoms with van der Waals surface area (Å²) in [4.78, 5) is 34.2. The number of rotatable bonds is 3. The minimum Gasteiger partial charge on any atom is -0.480 e. The Balaban J connectivity index is 2.41. The van der Waals surface area contributed by atoms with E-state index in [9.17, 15) is 14.7 Å². The summed E-state index contributed by atoms with van der Waals surface area (Å²) in [6.45, 7) is 4.01. The van der Waals surface area contributed by atoms with Gasteiger partial charge in [0, 0.05) is 6.54 Å². The first kappa shape index (κ1) is 15.8. The van der Waals surface area contributed by atoms with Crippen molar-refractivity contribution in [3.63, 3.8) is 0 Å². The molecule has 1 aliphatic heterocycles. The van der Waals surface area contributed by atoms with E-state index in [-0.39, 0.29) is 5.91 Å². The number of hydrogen-bond donors (Lipinski definition) is 1. The third-order valence-corrected chi connectivity index (χ3v) is 4.31. The maximum atomic E-state index is 12.8. The maximum absolute atomic E-state index is 12.8. The second-order valence-corrected chi connectivity index (χ2v) is 5.88. The summed E-state index contributed by atoms with van der Waals surface area (Å²) in [6.07, 6.45) is 4.01. The van der Waals surface area contributed by atoms with Crippen molar-refractivity contribution in [1.29, 1.82) is 0 Å². The standard InChI is InChI=1S/C14H19N3O3S/c1-8-11(12(21-3)16-9(2)15-8)13(18)17-7-5-4-6-10(17)14(19)20/h10H,4-7H2,1-3H3,(H,19,20)/t10-/m0/s1. The molecule has 0 spiro atoms. The third-order valence-electron chi connectivity index (χ3n) is 3.62. The van der Waals surface area contributed by atoms with Crippen molar-refractivity contribution in [2.24, 2.45) is 0 Å². The van der Waals surface area contributed by atoms with E-state index in [2.05, 4.69) is 9.97 Å². The zero-order valence-electron chi connectivity index (χ0n) is 12.4. The number of hydrogen-bond acceptors (Lipinski definition) is 5. The Morgan fingerprint density at radius 2 is 2.00 bits per heavy atom. The summed E-state index contributed by atoms with van der Waals surface area (Å²) in [6, 6.07) is -0.748. The zero-order chi connectivity index (χ0) is 15.6. The highest BCUT2D eigenvalue weighted by molar-refractivity contribution is 7.98. The molecule has 0 aromatic carbocycles. The normalized spacial score (nSPS) is 18.6. The van der Waals surface area contributed by atoms with Crippen LogP contribution in [0.25, 0.3) is 0 Å². The fourth-order valence-electron chi connectivity index (χ4n) is 2.65. The van der Waals surface area contributed by atoms with Crippen LogP contribution in [0.3, 0.4) is 0 Å². The smallest absolute Gasteiger partial charge is 0.326 e. The average Bonchev–Trinajstić information content (AvgIpc) is 2.45. The average molecular weight is 309 g/mol. The van der Waals surface area contributed by atoms with Gasteiger partial charge in [-0.2, -0.15) is 0 Å². The SMILES string of the molecule is CSc1nc(C)nc(C)c1C(=O)N1CCCC[C@H]1C(=O)O. The minimum absolute atomic E-state index is 0.274. The number of thioether (sulfide) groups is 1. The summed E-state index contributed by atoms with van der Waals surface area (Å²) >= 11 is 1.38. The maximum Gasteiger partial charge on any atom is 0.326 e. The van der Waals surface area contributed by atoms with Gasteiger partial charge in [-0.3, -0.25) is 4.79 Å². The van der Waals surface area contributed by atoms with Gasteiger partial charge < -0.3 is 10.0 Å². The molecular formula is C14H19N3O3S. The van der Waals surface area contributed by atoms with Gasteiger partial charge >= 0.3 is 5.97 Å². The Morgan fingerprint density at radius 1 is 1.29 bits per heavy atom. The fraction of sp³-hybridized carbons (Fsp3) is 0.571. The second kappa shape index (κ2) is 6.43. The van der Waals surface area contributed by atoms with Crippen LogP contribution >= 0.6 is 11.8 Å². The number of amides is 1. The van der Waals surface area contributed by atoms with Gasteiger partial charge in [0.2, 0.25) is 0 Å². The molecule has 114 valence electrons. The molecule has 1 aromatic heterocycles. The van der Waals surface area contributed by atoms with Crippen molar-refractivity contribution in [3.8, 4) is 0 Å². The summed E-state index contributed by atoms with van der Waals surface area (Å²) in [5.74, 6) is -0.606. The zero-order valence-corrected chi connectivity index (χ0v) is 13.2. The number of carbonyl (C=O) groups is 2. The highest BCUT2D eigenvalue weighted by Gasteiger charge is 2.34. The van der Waals surface area contributed by atoms with Gasteiger partial charge in [-0.1, -0.05) is 0 Å². The number of carbonyl (C=O) groups excluding carboxylic acids is 1. The number of nitrogens with zero attached hydrogens (tertiary/aromatic N) is 3. The Morgan fingerprint density at radius 3 is 2.62 bits per heavy atom. The van der Waals surface area contributed by atoms with E-state index >= 15 is 0 Å². The van der Waals surface area contributed by atoms with Crippen molar-refractivity contribution in [2.75, 3.05) is 12.8 Å². The molecule has 0 saturated carbocycles. The number of carboxylic acid groups (broad SMARTS) is 1. The summed E-state index contributed by atoms with van der Waals surface area (Å²) in [7, 11) is 0. The highest BCUT2D eigenvalue weighted by Crippen LogP contribution is 2.26. The van der Waals surface area contributed by atoms with E-state index in [1.54, 1.807) is 13.8 Å². The number of piperidine rings is 1. The summed E-state index contributed by atoms with van der Waals surface area (Å²) < 4.78 is 0. The van der Waals surface area contributed by atoms with Crippen LogP contribution in [0.4, 0.5) is 0 Å². The van der Waals surface area contributed by atoms with Crippen LogP contribution in [-0.4, -0.2) is 50.7 Å². The van der Waals surface area contributed by atoms with Crippen molar-refractivity contribution < 1.29 is 14.7 Å². The molecule has 1 aliphatic rings. The Kier molecular flexibility index (Phi) is 4.82. The molecule has 1 N–H and O–H groups in total.